The zero-order chi connectivity index (χ0) is 13.2. The average Bonchev–Trinajstić information content (AvgIpc) is 2.78. The summed E-state index contributed by atoms with van der Waals surface area (Å²) < 4.78 is 28.4. The zero-order valence-corrected chi connectivity index (χ0v) is 11.6. The predicted octanol–water partition coefficient (Wildman–Crippen LogP) is 0.722. The Kier molecular flexibility index (Phi) is 4.04. The Bertz CT molecular complexity index is 461. The molecule has 18 heavy (non-hydrogen) atoms. The molecule has 0 bridgehead atoms. The summed E-state index contributed by atoms with van der Waals surface area (Å²) >= 11 is 0. The van der Waals surface area contributed by atoms with Crippen LogP contribution < -0.4 is 4.72 Å². The Hall–Kier alpha value is -0.920. The first kappa shape index (κ1) is 13.5. The molecule has 2 unspecified atom stereocenters. The number of H-pyrrole nitrogens is 1. The zero-order valence-electron chi connectivity index (χ0n) is 10.8. The van der Waals surface area contributed by atoms with Gasteiger partial charge in [-0.05, 0) is 24.3 Å². The van der Waals surface area contributed by atoms with Crippen LogP contribution in [0.3, 0.4) is 0 Å². The van der Waals surface area contributed by atoms with E-state index in [-0.39, 0.29) is 6.54 Å². The number of nitrogens with zero attached hydrogens (tertiary/aromatic N) is 2. The van der Waals surface area contributed by atoms with Crippen LogP contribution in [0.2, 0.25) is 0 Å². The standard InChI is InChI=1S/C11H20N4O2S/c1-9-5-10(2)8-15(7-9)18(16,17)13-6-11-3-4-12-14-11/h3-4,9-10,13H,5-8H2,1-2H3,(H,12,14). The van der Waals surface area contributed by atoms with Crippen molar-refractivity contribution in [3.63, 3.8) is 0 Å². The molecule has 1 fully saturated rings. The lowest BCUT2D eigenvalue weighted by molar-refractivity contribution is 0.220. The minimum atomic E-state index is -3.39. The number of piperidine rings is 1. The Balaban J connectivity index is 1.97. The van der Waals surface area contributed by atoms with Crippen molar-refractivity contribution in [3.05, 3.63) is 18.0 Å². The second kappa shape index (κ2) is 5.38. The Morgan fingerprint density at radius 3 is 2.67 bits per heavy atom. The molecule has 1 saturated heterocycles. The topological polar surface area (TPSA) is 78.1 Å². The molecule has 7 heteroatoms. The fourth-order valence-corrected chi connectivity index (χ4v) is 3.87. The van der Waals surface area contributed by atoms with Crippen molar-refractivity contribution in [3.8, 4) is 0 Å². The maximum atomic E-state index is 12.2. The van der Waals surface area contributed by atoms with E-state index in [0.29, 0.717) is 24.9 Å². The van der Waals surface area contributed by atoms with Crippen LogP contribution in [0, 0.1) is 11.8 Å². The van der Waals surface area contributed by atoms with Crippen molar-refractivity contribution in [2.45, 2.75) is 26.8 Å². The van der Waals surface area contributed by atoms with E-state index in [1.54, 1.807) is 16.6 Å². The third-order valence-electron chi connectivity index (χ3n) is 3.18. The number of rotatable bonds is 4. The fourth-order valence-electron chi connectivity index (χ4n) is 2.45. The highest BCUT2D eigenvalue weighted by atomic mass is 32.2. The first-order valence-electron chi connectivity index (χ1n) is 6.20. The second-order valence-corrected chi connectivity index (χ2v) is 6.93. The van der Waals surface area contributed by atoms with Crippen LogP contribution >= 0.6 is 0 Å². The van der Waals surface area contributed by atoms with E-state index in [1.165, 1.54) is 0 Å². The number of nitrogens with one attached hydrogen (secondary N) is 2. The second-order valence-electron chi connectivity index (χ2n) is 5.17. The normalized spacial score (nSPS) is 26.3. The van der Waals surface area contributed by atoms with Gasteiger partial charge in [-0.2, -0.15) is 22.5 Å². The number of aromatic amines is 1. The van der Waals surface area contributed by atoms with Gasteiger partial charge in [0.2, 0.25) is 0 Å². The smallest absolute Gasteiger partial charge is 0.279 e. The van der Waals surface area contributed by atoms with Crippen molar-refractivity contribution in [2.75, 3.05) is 13.1 Å². The average molecular weight is 272 g/mol. The largest absolute Gasteiger partial charge is 0.281 e. The molecule has 102 valence electrons. The van der Waals surface area contributed by atoms with Crippen molar-refractivity contribution >= 4 is 10.2 Å². The third kappa shape index (κ3) is 3.30. The minimum absolute atomic E-state index is 0.252. The molecule has 0 aliphatic carbocycles. The van der Waals surface area contributed by atoms with Gasteiger partial charge in [0.25, 0.3) is 10.2 Å². The van der Waals surface area contributed by atoms with Crippen LogP contribution in [0.15, 0.2) is 12.3 Å². The van der Waals surface area contributed by atoms with Gasteiger partial charge in [-0.25, -0.2) is 0 Å². The van der Waals surface area contributed by atoms with Crippen LogP contribution in [0.25, 0.3) is 0 Å². The van der Waals surface area contributed by atoms with E-state index in [0.717, 1.165) is 12.1 Å². The first-order chi connectivity index (χ1) is 8.47. The third-order valence-corrected chi connectivity index (χ3v) is 4.67. The van der Waals surface area contributed by atoms with Crippen molar-refractivity contribution in [2.24, 2.45) is 11.8 Å². The monoisotopic (exact) mass is 272 g/mol. The molecule has 0 spiro atoms. The molecular formula is C11H20N4O2S. The fraction of sp³-hybridized carbons (Fsp3) is 0.727. The van der Waals surface area contributed by atoms with E-state index >= 15 is 0 Å². The van der Waals surface area contributed by atoms with Crippen LogP contribution in [-0.4, -0.2) is 36.0 Å². The van der Waals surface area contributed by atoms with Gasteiger partial charge in [-0.3, -0.25) is 5.10 Å². The van der Waals surface area contributed by atoms with E-state index < -0.39 is 10.2 Å². The Labute approximate surface area is 108 Å². The van der Waals surface area contributed by atoms with Crippen LogP contribution in [-0.2, 0) is 16.8 Å². The molecule has 1 aromatic rings. The molecule has 2 atom stereocenters. The molecule has 6 nitrogen and oxygen atoms in total. The number of hydrogen-bond acceptors (Lipinski definition) is 3. The predicted molar refractivity (Wildman–Crippen MR) is 68.9 cm³/mol. The Morgan fingerprint density at radius 1 is 1.44 bits per heavy atom. The highest BCUT2D eigenvalue weighted by Gasteiger charge is 2.30. The van der Waals surface area contributed by atoms with Crippen molar-refractivity contribution in [1.82, 2.24) is 19.2 Å². The molecular weight excluding hydrogens is 252 g/mol. The van der Waals surface area contributed by atoms with Crippen molar-refractivity contribution < 1.29 is 8.42 Å². The highest BCUT2D eigenvalue weighted by Crippen LogP contribution is 2.22. The molecule has 0 radical (unpaired) electrons. The molecule has 2 heterocycles. The summed E-state index contributed by atoms with van der Waals surface area (Å²) in [5, 5.41) is 6.52. The number of hydrogen-bond donors (Lipinski definition) is 2. The molecule has 0 amide bonds. The molecule has 2 rings (SSSR count). The maximum Gasteiger partial charge on any atom is 0.279 e. The Morgan fingerprint density at radius 2 is 2.11 bits per heavy atom. The first-order valence-corrected chi connectivity index (χ1v) is 7.64. The molecule has 2 N–H and O–H groups in total. The van der Waals surface area contributed by atoms with Gasteiger partial charge in [0.05, 0.1) is 12.2 Å². The van der Waals surface area contributed by atoms with E-state index in [9.17, 15) is 8.42 Å². The molecule has 1 aromatic heterocycles. The van der Waals surface area contributed by atoms with Gasteiger partial charge >= 0.3 is 0 Å². The summed E-state index contributed by atoms with van der Waals surface area (Å²) in [6, 6.07) is 1.75. The van der Waals surface area contributed by atoms with E-state index in [2.05, 4.69) is 28.8 Å². The van der Waals surface area contributed by atoms with Gasteiger partial charge in [0.15, 0.2) is 0 Å². The molecule has 0 saturated carbocycles. The summed E-state index contributed by atoms with van der Waals surface area (Å²) in [7, 11) is -3.39. The lowest BCUT2D eigenvalue weighted by atomic mass is 9.94. The van der Waals surface area contributed by atoms with Gasteiger partial charge in [-0.15, -0.1) is 0 Å². The van der Waals surface area contributed by atoms with E-state index in [4.69, 9.17) is 0 Å². The number of aromatic nitrogens is 2. The summed E-state index contributed by atoms with van der Waals surface area (Å²) in [4.78, 5) is 0. The summed E-state index contributed by atoms with van der Waals surface area (Å²) in [6.07, 6.45) is 2.70. The highest BCUT2D eigenvalue weighted by molar-refractivity contribution is 7.87. The minimum Gasteiger partial charge on any atom is -0.281 e. The van der Waals surface area contributed by atoms with Gasteiger partial charge in [-0.1, -0.05) is 13.8 Å². The van der Waals surface area contributed by atoms with Crippen LogP contribution in [0.4, 0.5) is 0 Å². The quantitative estimate of drug-likeness (QED) is 0.848. The van der Waals surface area contributed by atoms with Gasteiger partial charge in [0.1, 0.15) is 0 Å². The van der Waals surface area contributed by atoms with Crippen LogP contribution in [0.1, 0.15) is 26.0 Å². The maximum absolute atomic E-state index is 12.2. The van der Waals surface area contributed by atoms with Gasteiger partial charge < -0.3 is 0 Å². The summed E-state index contributed by atoms with van der Waals surface area (Å²) in [5.41, 5.74) is 0.761. The van der Waals surface area contributed by atoms with Crippen molar-refractivity contribution in [1.29, 1.82) is 0 Å². The SMILES string of the molecule is CC1CC(C)CN(S(=O)(=O)NCc2ccn[nH]2)C1. The van der Waals surface area contributed by atoms with Gasteiger partial charge in [0, 0.05) is 19.3 Å². The summed E-state index contributed by atoms with van der Waals surface area (Å²) in [6.45, 7) is 5.63. The van der Waals surface area contributed by atoms with Crippen LogP contribution in [0.5, 0.6) is 0 Å². The molecule has 1 aliphatic heterocycles. The molecule has 1 aliphatic rings. The lowest BCUT2D eigenvalue weighted by Crippen LogP contribution is -2.47. The summed E-state index contributed by atoms with van der Waals surface area (Å²) in [5.74, 6) is 0.829. The molecule has 0 aromatic carbocycles. The van der Waals surface area contributed by atoms with E-state index in [1.807, 2.05) is 0 Å². The lowest BCUT2D eigenvalue weighted by Gasteiger charge is -2.33.